The number of benzene rings is 1. The minimum Gasteiger partial charge on any atom is -0.210 e. The smallest absolute Gasteiger partial charge is 0.210 e. The van der Waals surface area contributed by atoms with Gasteiger partial charge in [-0.15, -0.1) is 0 Å². The van der Waals surface area contributed by atoms with Gasteiger partial charge in [0.1, 0.15) is 0 Å². The largest absolute Gasteiger partial charge is 0.240 e. The van der Waals surface area contributed by atoms with Crippen molar-refractivity contribution in [1.29, 1.82) is 5.26 Å². The summed E-state index contributed by atoms with van der Waals surface area (Å²) in [5, 5.41) is 8.88. The third kappa shape index (κ3) is 3.35. The van der Waals surface area contributed by atoms with Gasteiger partial charge in [0.2, 0.25) is 10.0 Å². The number of aryl methyl sites for hydroxylation is 1. The number of rotatable bonds is 4. The molecule has 20 heavy (non-hydrogen) atoms. The molecule has 4 nitrogen and oxygen atoms in total. The van der Waals surface area contributed by atoms with Crippen LogP contribution in [0.5, 0.6) is 0 Å². The van der Waals surface area contributed by atoms with Crippen LogP contribution in [0.1, 0.15) is 30.9 Å². The predicted octanol–water partition coefficient (Wildman–Crippen LogP) is 2.43. The van der Waals surface area contributed by atoms with Crippen molar-refractivity contribution in [2.75, 3.05) is 12.3 Å². The van der Waals surface area contributed by atoms with E-state index >= 15 is 0 Å². The quantitative estimate of drug-likeness (QED) is 0.927. The van der Waals surface area contributed by atoms with Crippen molar-refractivity contribution in [2.45, 2.75) is 36.3 Å². The molecule has 0 radical (unpaired) electrons. The zero-order valence-corrected chi connectivity index (χ0v) is 13.3. The van der Waals surface area contributed by atoms with Crippen LogP contribution in [-0.4, -0.2) is 25.5 Å². The zero-order valence-electron chi connectivity index (χ0n) is 11.6. The maximum absolute atomic E-state index is 12.3. The summed E-state index contributed by atoms with van der Waals surface area (Å²) < 4.78 is 27.2. The van der Waals surface area contributed by atoms with Crippen molar-refractivity contribution in [3.8, 4) is 6.07 Å². The maximum atomic E-state index is 12.3. The first-order valence-corrected chi connectivity index (χ1v) is 8.98. The molecule has 0 saturated carbocycles. The Morgan fingerprint density at radius 3 is 2.80 bits per heavy atom. The van der Waals surface area contributed by atoms with Crippen LogP contribution in [0.2, 0.25) is 0 Å². The summed E-state index contributed by atoms with van der Waals surface area (Å²) in [6, 6.07) is 6.62. The second-order valence-electron chi connectivity index (χ2n) is 5.32. The Balaban J connectivity index is 2.14. The Kier molecular flexibility index (Phi) is 4.43. The van der Waals surface area contributed by atoms with Crippen LogP contribution in [0.3, 0.4) is 0 Å². The highest BCUT2D eigenvalue weighted by Crippen LogP contribution is 2.37. The van der Waals surface area contributed by atoms with Crippen LogP contribution in [-0.2, 0) is 10.0 Å². The Hall–Kier alpha value is -1.03. The van der Waals surface area contributed by atoms with E-state index in [0.717, 1.165) is 18.6 Å². The van der Waals surface area contributed by atoms with Gasteiger partial charge in [-0.1, -0.05) is 0 Å². The fraction of sp³-hybridized carbons (Fsp3) is 0.500. The average molecular weight is 310 g/mol. The first kappa shape index (κ1) is 15.4. The molecule has 6 heteroatoms. The molecular weight excluding hydrogens is 292 g/mol. The average Bonchev–Trinajstić information content (AvgIpc) is 2.84. The molecule has 1 N–H and O–H groups in total. The summed E-state index contributed by atoms with van der Waals surface area (Å²) in [5.41, 5.74) is 1.18. The van der Waals surface area contributed by atoms with Gasteiger partial charge in [0.15, 0.2) is 0 Å². The van der Waals surface area contributed by atoms with Gasteiger partial charge in [-0.05, 0) is 56.2 Å². The third-order valence-corrected chi connectivity index (χ3v) is 6.50. The monoisotopic (exact) mass is 310 g/mol. The number of nitrogens with zero attached hydrogens (tertiary/aromatic N) is 1. The van der Waals surface area contributed by atoms with E-state index in [0.29, 0.717) is 17.7 Å². The Morgan fingerprint density at radius 2 is 2.25 bits per heavy atom. The van der Waals surface area contributed by atoms with Crippen molar-refractivity contribution in [3.63, 3.8) is 0 Å². The molecule has 108 valence electrons. The van der Waals surface area contributed by atoms with E-state index in [-0.39, 0.29) is 9.64 Å². The second kappa shape index (κ2) is 5.76. The maximum Gasteiger partial charge on any atom is 0.240 e. The van der Waals surface area contributed by atoms with Crippen LogP contribution in [0.4, 0.5) is 0 Å². The first-order chi connectivity index (χ1) is 9.36. The van der Waals surface area contributed by atoms with Crippen LogP contribution in [0.15, 0.2) is 23.1 Å². The fourth-order valence-electron chi connectivity index (χ4n) is 2.24. The van der Waals surface area contributed by atoms with Gasteiger partial charge in [-0.25, -0.2) is 13.1 Å². The summed E-state index contributed by atoms with van der Waals surface area (Å²) in [6.07, 6.45) is 2.17. The van der Waals surface area contributed by atoms with Crippen molar-refractivity contribution < 1.29 is 8.42 Å². The van der Waals surface area contributed by atoms with Gasteiger partial charge in [0, 0.05) is 11.3 Å². The molecule has 1 fully saturated rings. The summed E-state index contributed by atoms with van der Waals surface area (Å²) >= 11 is 1.82. The van der Waals surface area contributed by atoms with E-state index in [4.69, 9.17) is 5.26 Å². The van der Waals surface area contributed by atoms with Gasteiger partial charge in [-0.3, -0.25) is 0 Å². The number of nitriles is 1. The molecule has 1 saturated heterocycles. The number of nitrogens with one attached hydrogen (secondary N) is 1. The summed E-state index contributed by atoms with van der Waals surface area (Å²) in [7, 11) is -3.51. The lowest BCUT2D eigenvalue weighted by Gasteiger charge is -2.22. The molecule has 2 rings (SSSR count). The standard InChI is InChI=1S/C14H18N2O2S2/c1-11-8-13(5-4-12(11)9-15)20(17,18)16-10-14(2)6-3-7-19-14/h4-5,8,16H,3,6-7,10H2,1-2H3. The molecule has 0 bridgehead atoms. The molecule has 1 atom stereocenters. The SMILES string of the molecule is Cc1cc(S(=O)(=O)NCC2(C)CCCS2)ccc1C#N. The molecule has 0 aliphatic carbocycles. The number of thioether (sulfide) groups is 1. The van der Waals surface area contributed by atoms with Crippen LogP contribution < -0.4 is 4.72 Å². The van der Waals surface area contributed by atoms with Crippen molar-refractivity contribution in [3.05, 3.63) is 29.3 Å². The zero-order chi connectivity index (χ0) is 14.8. The lowest BCUT2D eigenvalue weighted by atomic mass is 10.1. The summed E-state index contributed by atoms with van der Waals surface area (Å²) in [5.74, 6) is 1.09. The minimum absolute atomic E-state index is 0.00525. The second-order valence-corrected chi connectivity index (χ2v) is 8.76. The van der Waals surface area contributed by atoms with E-state index in [1.165, 1.54) is 6.07 Å². The summed E-state index contributed by atoms with van der Waals surface area (Å²) in [6.45, 7) is 4.28. The molecule has 1 heterocycles. The summed E-state index contributed by atoms with van der Waals surface area (Å²) in [4.78, 5) is 0.223. The number of hydrogen-bond donors (Lipinski definition) is 1. The Morgan fingerprint density at radius 1 is 1.50 bits per heavy atom. The molecular formula is C14H18N2O2S2. The lowest BCUT2D eigenvalue weighted by molar-refractivity contribution is 0.552. The Labute approximate surface area is 124 Å². The van der Waals surface area contributed by atoms with E-state index in [1.54, 1.807) is 19.1 Å². The molecule has 1 aromatic carbocycles. The van der Waals surface area contributed by atoms with Gasteiger partial charge in [0.05, 0.1) is 16.5 Å². The number of sulfonamides is 1. The first-order valence-electron chi connectivity index (χ1n) is 6.51. The predicted molar refractivity (Wildman–Crippen MR) is 81.2 cm³/mol. The molecule has 1 aliphatic rings. The third-order valence-electron chi connectivity index (χ3n) is 3.57. The topological polar surface area (TPSA) is 70.0 Å². The van der Waals surface area contributed by atoms with Gasteiger partial charge in [-0.2, -0.15) is 17.0 Å². The number of hydrogen-bond acceptors (Lipinski definition) is 4. The van der Waals surface area contributed by atoms with E-state index in [1.807, 2.05) is 17.8 Å². The minimum atomic E-state index is -3.51. The highest BCUT2D eigenvalue weighted by molar-refractivity contribution is 8.01. The normalized spacial score (nSPS) is 22.6. The molecule has 0 spiro atoms. The van der Waals surface area contributed by atoms with Gasteiger partial charge < -0.3 is 0 Å². The van der Waals surface area contributed by atoms with E-state index in [9.17, 15) is 8.42 Å². The van der Waals surface area contributed by atoms with Crippen molar-refractivity contribution >= 4 is 21.8 Å². The molecule has 0 aromatic heterocycles. The van der Waals surface area contributed by atoms with Crippen molar-refractivity contribution in [2.24, 2.45) is 0 Å². The van der Waals surface area contributed by atoms with Crippen LogP contribution in [0.25, 0.3) is 0 Å². The lowest BCUT2D eigenvalue weighted by Crippen LogP contribution is -2.36. The van der Waals surface area contributed by atoms with Gasteiger partial charge in [0.25, 0.3) is 0 Å². The molecule has 1 aromatic rings. The molecule has 1 unspecified atom stereocenters. The molecule has 1 aliphatic heterocycles. The fourth-order valence-corrected chi connectivity index (χ4v) is 4.83. The molecule has 0 amide bonds. The van der Waals surface area contributed by atoms with Crippen molar-refractivity contribution in [1.82, 2.24) is 4.72 Å². The van der Waals surface area contributed by atoms with Crippen LogP contribution >= 0.6 is 11.8 Å². The van der Waals surface area contributed by atoms with E-state index < -0.39 is 10.0 Å². The van der Waals surface area contributed by atoms with E-state index in [2.05, 4.69) is 11.6 Å². The van der Waals surface area contributed by atoms with Gasteiger partial charge >= 0.3 is 0 Å². The Bertz CT molecular complexity index is 642. The van der Waals surface area contributed by atoms with Crippen LogP contribution in [0, 0.1) is 18.3 Å². The highest BCUT2D eigenvalue weighted by atomic mass is 32.2. The highest BCUT2D eigenvalue weighted by Gasteiger charge is 2.31.